The third-order valence-electron chi connectivity index (χ3n) is 5.06. The smallest absolute Gasteiger partial charge is 0.278 e. The van der Waals surface area contributed by atoms with Crippen LogP contribution in [0.3, 0.4) is 0 Å². The van der Waals surface area contributed by atoms with Gasteiger partial charge in [-0.2, -0.15) is 10.2 Å². The van der Waals surface area contributed by atoms with Crippen molar-refractivity contribution in [1.29, 1.82) is 0 Å². The summed E-state index contributed by atoms with van der Waals surface area (Å²) in [4.78, 5) is 25.2. The van der Waals surface area contributed by atoms with E-state index in [4.69, 9.17) is 0 Å². The van der Waals surface area contributed by atoms with Gasteiger partial charge in [-0.05, 0) is 45.2 Å². The van der Waals surface area contributed by atoms with Crippen LogP contribution in [0.15, 0.2) is 29.2 Å². The van der Waals surface area contributed by atoms with Crippen molar-refractivity contribution in [2.24, 2.45) is 0 Å². The number of aromatic nitrogens is 4. The maximum Gasteiger partial charge on any atom is 0.278 e. The second kappa shape index (κ2) is 6.85. The lowest BCUT2D eigenvalue weighted by Gasteiger charge is -2.16. The molecular weight excluding hydrogens is 361 g/mol. The molecule has 2 heterocycles. The van der Waals surface area contributed by atoms with Crippen LogP contribution in [0.4, 0.5) is 4.39 Å². The average Bonchev–Trinajstić information content (AvgIpc) is 3.37. The summed E-state index contributed by atoms with van der Waals surface area (Å²) in [6, 6.07) is 4.69. The van der Waals surface area contributed by atoms with Crippen LogP contribution in [0.5, 0.6) is 0 Å². The number of aryl methyl sites for hydroxylation is 2. The van der Waals surface area contributed by atoms with E-state index in [1.807, 2.05) is 4.68 Å². The second-order valence-electron chi connectivity index (χ2n) is 7.44. The first kappa shape index (κ1) is 18.3. The number of nitrogens with one attached hydrogen (secondary N) is 1. The van der Waals surface area contributed by atoms with Gasteiger partial charge in [0.15, 0.2) is 0 Å². The SMILES string of the molecule is Cc1ccc([C@H](C)NC(=O)Cn2nc(C)c3c(cnn3C3CC3)c2=O)c(F)c1. The fourth-order valence-corrected chi connectivity index (χ4v) is 3.48. The van der Waals surface area contributed by atoms with Gasteiger partial charge in [0, 0.05) is 5.56 Å². The molecule has 1 aromatic carbocycles. The summed E-state index contributed by atoms with van der Waals surface area (Å²) in [5, 5.41) is 11.8. The maximum absolute atomic E-state index is 14.1. The summed E-state index contributed by atoms with van der Waals surface area (Å²) < 4.78 is 17.1. The van der Waals surface area contributed by atoms with Crippen molar-refractivity contribution in [3.63, 3.8) is 0 Å². The molecule has 1 atom stereocenters. The molecule has 7 nitrogen and oxygen atoms in total. The minimum atomic E-state index is -0.522. The van der Waals surface area contributed by atoms with E-state index >= 15 is 0 Å². The number of fused-ring (bicyclic) bond motifs is 1. The number of hydrogen-bond acceptors (Lipinski definition) is 4. The number of amides is 1. The second-order valence-corrected chi connectivity index (χ2v) is 7.44. The number of nitrogens with zero attached hydrogens (tertiary/aromatic N) is 4. The third-order valence-corrected chi connectivity index (χ3v) is 5.06. The molecule has 1 fully saturated rings. The highest BCUT2D eigenvalue weighted by Gasteiger charge is 2.28. The third kappa shape index (κ3) is 3.30. The predicted octanol–water partition coefficient (Wildman–Crippen LogP) is 2.56. The minimum absolute atomic E-state index is 0.234. The Morgan fingerprint density at radius 1 is 1.36 bits per heavy atom. The molecule has 1 saturated carbocycles. The molecule has 0 bridgehead atoms. The number of carbonyl (C=O) groups excluding carboxylic acids is 1. The molecule has 3 aromatic rings. The van der Waals surface area contributed by atoms with E-state index in [1.165, 1.54) is 6.07 Å². The monoisotopic (exact) mass is 383 g/mol. The van der Waals surface area contributed by atoms with Crippen LogP contribution in [0.2, 0.25) is 0 Å². The molecule has 1 aliphatic rings. The topological polar surface area (TPSA) is 81.8 Å². The van der Waals surface area contributed by atoms with Gasteiger partial charge in [0.25, 0.3) is 5.56 Å². The van der Waals surface area contributed by atoms with Crippen LogP contribution in [-0.4, -0.2) is 25.5 Å². The molecule has 0 radical (unpaired) electrons. The molecule has 2 aromatic heterocycles. The molecule has 0 saturated heterocycles. The van der Waals surface area contributed by atoms with E-state index in [9.17, 15) is 14.0 Å². The quantitative estimate of drug-likeness (QED) is 0.734. The Labute approximate surface area is 161 Å². The van der Waals surface area contributed by atoms with Gasteiger partial charge >= 0.3 is 0 Å². The van der Waals surface area contributed by atoms with E-state index in [0.29, 0.717) is 22.7 Å². The lowest BCUT2D eigenvalue weighted by molar-refractivity contribution is -0.122. The number of benzene rings is 1. The van der Waals surface area contributed by atoms with Crippen molar-refractivity contribution < 1.29 is 9.18 Å². The number of hydrogen-bond donors (Lipinski definition) is 1. The van der Waals surface area contributed by atoms with Gasteiger partial charge in [-0.1, -0.05) is 12.1 Å². The summed E-state index contributed by atoms with van der Waals surface area (Å²) in [5.74, 6) is -0.775. The highest BCUT2D eigenvalue weighted by Crippen LogP contribution is 2.36. The summed E-state index contributed by atoms with van der Waals surface area (Å²) in [5.41, 5.74) is 2.25. The zero-order chi connectivity index (χ0) is 20.0. The van der Waals surface area contributed by atoms with Crippen molar-refractivity contribution in [3.05, 3.63) is 57.4 Å². The highest BCUT2D eigenvalue weighted by molar-refractivity contribution is 5.80. The van der Waals surface area contributed by atoms with Gasteiger partial charge < -0.3 is 5.32 Å². The van der Waals surface area contributed by atoms with Crippen molar-refractivity contribution in [2.75, 3.05) is 0 Å². The number of halogens is 1. The first-order chi connectivity index (χ1) is 13.3. The van der Waals surface area contributed by atoms with Crippen LogP contribution < -0.4 is 10.9 Å². The van der Waals surface area contributed by atoms with Crippen LogP contribution in [0.25, 0.3) is 10.9 Å². The van der Waals surface area contributed by atoms with E-state index in [2.05, 4.69) is 15.5 Å². The maximum atomic E-state index is 14.1. The van der Waals surface area contributed by atoms with Gasteiger partial charge in [0.2, 0.25) is 5.91 Å². The zero-order valence-electron chi connectivity index (χ0n) is 16.1. The molecule has 8 heteroatoms. The standard InChI is InChI=1S/C20H22FN5O2/c1-11-4-7-15(17(21)8-11)12(2)23-18(27)10-25-20(28)16-9-22-26(14-5-6-14)19(16)13(3)24-25/h4,7-9,12,14H,5-6,10H2,1-3H3,(H,23,27)/t12-/m0/s1. The normalized spacial score (nSPS) is 15.0. The lowest BCUT2D eigenvalue weighted by atomic mass is 10.1. The Hall–Kier alpha value is -3.03. The van der Waals surface area contributed by atoms with Gasteiger partial charge in [-0.15, -0.1) is 0 Å². The molecule has 0 unspecified atom stereocenters. The first-order valence-electron chi connectivity index (χ1n) is 9.35. The minimum Gasteiger partial charge on any atom is -0.348 e. The molecule has 4 rings (SSSR count). The number of rotatable bonds is 5. The van der Waals surface area contributed by atoms with Gasteiger partial charge in [0.1, 0.15) is 12.4 Å². The molecule has 1 aliphatic carbocycles. The Balaban J connectivity index is 1.55. The Morgan fingerprint density at radius 2 is 2.11 bits per heavy atom. The lowest BCUT2D eigenvalue weighted by Crippen LogP contribution is -2.35. The van der Waals surface area contributed by atoms with Crippen LogP contribution in [0, 0.1) is 19.7 Å². The van der Waals surface area contributed by atoms with E-state index in [1.54, 1.807) is 39.1 Å². The molecule has 0 aliphatic heterocycles. The molecule has 28 heavy (non-hydrogen) atoms. The Bertz CT molecular complexity index is 1130. The fraction of sp³-hybridized carbons (Fsp3) is 0.400. The van der Waals surface area contributed by atoms with Gasteiger partial charge in [-0.3, -0.25) is 14.3 Å². The van der Waals surface area contributed by atoms with E-state index in [-0.39, 0.29) is 17.9 Å². The zero-order valence-corrected chi connectivity index (χ0v) is 16.1. The summed E-state index contributed by atoms with van der Waals surface area (Å²) in [6.07, 6.45) is 3.65. The molecule has 1 N–H and O–H groups in total. The van der Waals surface area contributed by atoms with Crippen LogP contribution in [0.1, 0.15) is 48.7 Å². The number of carbonyl (C=O) groups is 1. The molecular formula is C20H22FN5O2. The molecule has 0 spiro atoms. The Kier molecular flexibility index (Phi) is 4.49. The average molecular weight is 383 g/mol. The Morgan fingerprint density at radius 3 is 2.79 bits per heavy atom. The van der Waals surface area contributed by atoms with Crippen molar-refractivity contribution in [1.82, 2.24) is 24.9 Å². The first-order valence-corrected chi connectivity index (χ1v) is 9.35. The fourth-order valence-electron chi connectivity index (χ4n) is 3.48. The van der Waals surface area contributed by atoms with Crippen LogP contribution >= 0.6 is 0 Å². The van der Waals surface area contributed by atoms with E-state index < -0.39 is 11.9 Å². The van der Waals surface area contributed by atoms with Gasteiger partial charge in [0.05, 0.1) is 34.9 Å². The van der Waals surface area contributed by atoms with Crippen LogP contribution in [-0.2, 0) is 11.3 Å². The largest absolute Gasteiger partial charge is 0.348 e. The summed E-state index contributed by atoms with van der Waals surface area (Å²) in [7, 11) is 0. The van der Waals surface area contributed by atoms with E-state index in [0.717, 1.165) is 28.6 Å². The van der Waals surface area contributed by atoms with Gasteiger partial charge in [-0.25, -0.2) is 9.07 Å². The molecule has 1 amide bonds. The summed E-state index contributed by atoms with van der Waals surface area (Å²) >= 11 is 0. The molecule has 146 valence electrons. The van der Waals surface area contributed by atoms with Crippen molar-refractivity contribution in [3.8, 4) is 0 Å². The van der Waals surface area contributed by atoms with Crippen molar-refractivity contribution in [2.45, 2.75) is 52.2 Å². The highest BCUT2D eigenvalue weighted by atomic mass is 19.1. The predicted molar refractivity (Wildman–Crippen MR) is 102 cm³/mol. The summed E-state index contributed by atoms with van der Waals surface area (Å²) in [6.45, 7) is 5.08. The van der Waals surface area contributed by atoms with Crippen molar-refractivity contribution >= 4 is 16.8 Å².